The van der Waals surface area contributed by atoms with Crippen LogP contribution >= 0.6 is 11.3 Å². The predicted octanol–water partition coefficient (Wildman–Crippen LogP) is 7.16. The minimum Gasteiger partial charge on any atom is -0.135 e. The number of rotatable bonds is 2. The van der Waals surface area contributed by atoms with E-state index in [1.165, 1.54) is 48.3 Å². The molecule has 0 saturated heterocycles. The van der Waals surface area contributed by atoms with Crippen LogP contribution < -0.4 is 0 Å². The van der Waals surface area contributed by atoms with E-state index in [2.05, 4.69) is 87.5 Å². The van der Waals surface area contributed by atoms with Crippen molar-refractivity contribution in [1.29, 1.82) is 0 Å². The maximum Gasteiger partial charge on any atom is 0.0433 e. The topological polar surface area (TPSA) is 0 Å². The molecule has 0 aliphatic heterocycles. The molecule has 0 amide bonds. The lowest BCUT2D eigenvalue weighted by atomic mass is 9.97. The lowest BCUT2D eigenvalue weighted by Gasteiger charge is -2.07. The van der Waals surface area contributed by atoms with Crippen molar-refractivity contribution in [2.45, 2.75) is 20.8 Å². The number of benzene rings is 3. The molecule has 4 aromatic rings. The van der Waals surface area contributed by atoms with Crippen LogP contribution in [-0.4, -0.2) is 0 Å². The summed E-state index contributed by atoms with van der Waals surface area (Å²) < 4.78 is 1.36. The zero-order valence-corrected chi connectivity index (χ0v) is 15.1. The van der Waals surface area contributed by atoms with Crippen LogP contribution in [0.4, 0.5) is 0 Å². The maximum atomic E-state index is 2.30. The van der Waals surface area contributed by atoms with Gasteiger partial charge in [-0.1, -0.05) is 71.8 Å². The molecule has 1 heteroatoms. The SMILES string of the molecule is Cc1ccc(-c2sc3cc(C)ccc3c2-c2cccc(C)c2)cc1. The molecule has 1 aromatic heterocycles. The molecule has 0 radical (unpaired) electrons. The predicted molar refractivity (Wildman–Crippen MR) is 107 cm³/mol. The quantitative estimate of drug-likeness (QED) is 0.366. The van der Waals surface area contributed by atoms with E-state index in [9.17, 15) is 0 Å². The minimum absolute atomic E-state index is 1.30. The van der Waals surface area contributed by atoms with Gasteiger partial charge in [-0.25, -0.2) is 0 Å². The van der Waals surface area contributed by atoms with E-state index < -0.39 is 0 Å². The Bertz CT molecular complexity index is 1020. The van der Waals surface area contributed by atoms with Gasteiger partial charge in [0.1, 0.15) is 0 Å². The van der Waals surface area contributed by atoms with Gasteiger partial charge in [-0.2, -0.15) is 0 Å². The number of hydrogen-bond donors (Lipinski definition) is 0. The molecule has 0 spiro atoms. The summed E-state index contributed by atoms with van der Waals surface area (Å²) in [5.41, 5.74) is 7.89. The summed E-state index contributed by atoms with van der Waals surface area (Å²) in [7, 11) is 0. The number of fused-ring (bicyclic) bond motifs is 1. The molecule has 24 heavy (non-hydrogen) atoms. The van der Waals surface area contributed by atoms with Crippen LogP contribution in [0.5, 0.6) is 0 Å². The Morgan fingerprint density at radius 1 is 0.625 bits per heavy atom. The molecular weight excluding hydrogens is 308 g/mol. The zero-order valence-electron chi connectivity index (χ0n) is 14.3. The largest absolute Gasteiger partial charge is 0.135 e. The highest BCUT2D eigenvalue weighted by Gasteiger charge is 2.15. The van der Waals surface area contributed by atoms with Crippen LogP contribution in [0.3, 0.4) is 0 Å². The summed E-state index contributed by atoms with van der Waals surface area (Å²) in [6, 6.07) is 24.5. The second-order valence-electron chi connectivity index (χ2n) is 6.54. The minimum atomic E-state index is 1.30. The number of hydrogen-bond acceptors (Lipinski definition) is 1. The van der Waals surface area contributed by atoms with Gasteiger partial charge in [-0.15, -0.1) is 11.3 Å². The van der Waals surface area contributed by atoms with Crippen molar-refractivity contribution in [3.8, 4) is 21.6 Å². The highest BCUT2D eigenvalue weighted by Crippen LogP contribution is 2.45. The van der Waals surface area contributed by atoms with Gasteiger partial charge < -0.3 is 0 Å². The second-order valence-corrected chi connectivity index (χ2v) is 7.59. The molecule has 0 unspecified atom stereocenters. The Balaban J connectivity index is 2.05. The van der Waals surface area contributed by atoms with Crippen molar-refractivity contribution >= 4 is 21.4 Å². The third kappa shape index (κ3) is 2.65. The summed E-state index contributed by atoms with van der Waals surface area (Å²) in [6.45, 7) is 6.46. The molecular formula is C23H20S. The van der Waals surface area contributed by atoms with Crippen LogP contribution in [0.2, 0.25) is 0 Å². The summed E-state index contributed by atoms with van der Waals surface area (Å²) in [5, 5.41) is 1.35. The summed E-state index contributed by atoms with van der Waals surface area (Å²) in [6.07, 6.45) is 0. The van der Waals surface area contributed by atoms with Crippen LogP contribution in [0.15, 0.2) is 66.7 Å². The van der Waals surface area contributed by atoms with Gasteiger partial charge in [0.2, 0.25) is 0 Å². The van der Waals surface area contributed by atoms with Crippen molar-refractivity contribution in [2.75, 3.05) is 0 Å². The highest BCUT2D eigenvalue weighted by atomic mass is 32.1. The molecule has 0 atom stereocenters. The van der Waals surface area contributed by atoms with Crippen molar-refractivity contribution in [2.24, 2.45) is 0 Å². The average Bonchev–Trinajstić information content (AvgIpc) is 2.94. The van der Waals surface area contributed by atoms with E-state index >= 15 is 0 Å². The zero-order chi connectivity index (χ0) is 16.7. The molecule has 0 bridgehead atoms. The van der Waals surface area contributed by atoms with Gasteiger partial charge in [0, 0.05) is 20.5 Å². The van der Waals surface area contributed by atoms with Crippen LogP contribution in [0.25, 0.3) is 31.7 Å². The number of thiophene rings is 1. The van der Waals surface area contributed by atoms with Gasteiger partial charge in [-0.3, -0.25) is 0 Å². The third-order valence-corrected chi connectivity index (χ3v) is 5.67. The molecule has 118 valence electrons. The summed E-state index contributed by atoms with van der Waals surface area (Å²) in [4.78, 5) is 1.36. The van der Waals surface area contributed by atoms with E-state index in [0.717, 1.165) is 0 Å². The standard InChI is InChI=1S/C23H20S/c1-15-7-10-18(11-8-15)23-22(19-6-4-5-16(2)13-19)20-12-9-17(3)14-21(20)24-23/h4-14H,1-3H3. The Kier molecular flexibility index (Phi) is 3.74. The fraction of sp³-hybridized carbons (Fsp3) is 0.130. The Hall–Kier alpha value is -2.38. The lowest BCUT2D eigenvalue weighted by Crippen LogP contribution is -1.82. The van der Waals surface area contributed by atoms with Crippen molar-refractivity contribution < 1.29 is 0 Å². The van der Waals surface area contributed by atoms with E-state index in [-0.39, 0.29) is 0 Å². The lowest BCUT2D eigenvalue weighted by molar-refractivity contribution is 1.47. The first-order valence-corrected chi connectivity index (χ1v) is 9.11. The normalized spacial score (nSPS) is 11.1. The van der Waals surface area contributed by atoms with Crippen molar-refractivity contribution in [3.05, 3.63) is 83.4 Å². The highest BCUT2D eigenvalue weighted by molar-refractivity contribution is 7.23. The fourth-order valence-electron chi connectivity index (χ4n) is 3.20. The summed E-state index contributed by atoms with van der Waals surface area (Å²) >= 11 is 1.90. The van der Waals surface area contributed by atoms with Crippen LogP contribution in [0.1, 0.15) is 16.7 Å². The Morgan fingerprint density at radius 3 is 2.08 bits per heavy atom. The van der Waals surface area contributed by atoms with Crippen molar-refractivity contribution in [1.82, 2.24) is 0 Å². The van der Waals surface area contributed by atoms with Gasteiger partial charge in [0.15, 0.2) is 0 Å². The third-order valence-electron chi connectivity index (χ3n) is 4.47. The molecule has 4 rings (SSSR count). The van der Waals surface area contributed by atoms with Crippen LogP contribution in [-0.2, 0) is 0 Å². The average molecular weight is 328 g/mol. The first-order valence-electron chi connectivity index (χ1n) is 8.29. The molecule has 3 aromatic carbocycles. The van der Waals surface area contributed by atoms with Gasteiger partial charge >= 0.3 is 0 Å². The van der Waals surface area contributed by atoms with E-state index in [1.807, 2.05) is 11.3 Å². The molecule has 0 nitrogen and oxygen atoms in total. The Labute approximate surface area is 147 Å². The van der Waals surface area contributed by atoms with Crippen molar-refractivity contribution in [3.63, 3.8) is 0 Å². The summed E-state index contributed by atoms with van der Waals surface area (Å²) in [5.74, 6) is 0. The molecule has 0 N–H and O–H groups in total. The van der Waals surface area contributed by atoms with Gasteiger partial charge in [0.25, 0.3) is 0 Å². The first-order chi connectivity index (χ1) is 11.6. The molecule has 1 heterocycles. The first kappa shape index (κ1) is 15.2. The van der Waals surface area contributed by atoms with Gasteiger partial charge in [-0.05, 0) is 43.5 Å². The Morgan fingerprint density at radius 2 is 1.33 bits per heavy atom. The maximum absolute atomic E-state index is 2.30. The smallest absolute Gasteiger partial charge is 0.0433 e. The van der Waals surface area contributed by atoms with Crippen LogP contribution in [0, 0.1) is 20.8 Å². The molecule has 0 aliphatic rings. The monoisotopic (exact) mass is 328 g/mol. The number of aryl methyl sites for hydroxylation is 3. The molecule has 0 saturated carbocycles. The second kappa shape index (κ2) is 5.92. The van der Waals surface area contributed by atoms with E-state index in [0.29, 0.717) is 0 Å². The molecule has 0 fully saturated rings. The van der Waals surface area contributed by atoms with Gasteiger partial charge in [0.05, 0.1) is 0 Å². The fourth-order valence-corrected chi connectivity index (χ4v) is 4.53. The van der Waals surface area contributed by atoms with E-state index in [1.54, 1.807) is 0 Å². The van der Waals surface area contributed by atoms with E-state index in [4.69, 9.17) is 0 Å². The molecule has 0 aliphatic carbocycles.